The Morgan fingerprint density at radius 1 is 0.694 bits per heavy atom. The second-order valence-corrected chi connectivity index (χ2v) is 11.3. The molecule has 0 atom stereocenters. The number of hydrogen-bond acceptors (Lipinski definition) is 3. The number of aromatic nitrogens is 1. The van der Waals surface area contributed by atoms with Crippen molar-refractivity contribution in [2.45, 2.75) is 80.1 Å². The van der Waals surface area contributed by atoms with E-state index in [9.17, 15) is 10.2 Å². The Balaban J connectivity index is 0. The number of pyridine rings is 1. The van der Waals surface area contributed by atoms with Gasteiger partial charge in [0.2, 0.25) is 0 Å². The van der Waals surface area contributed by atoms with Crippen LogP contribution in [0.3, 0.4) is 0 Å². The zero-order valence-electron chi connectivity index (χ0n) is 23.4. The van der Waals surface area contributed by atoms with Gasteiger partial charge in [-0.1, -0.05) is 76.9 Å². The normalized spacial score (nSPS) is 10.4. The van der Waals surface area contributed by atoms with Gasteiger partial charge >= 0.3 is 72.2 Å². The van der Waals surface area contributed by atoms with Gasteiger partial charge in [-0.25, -0.2) is 0 Å². The van der Waals surface area contributed by atoms with E-state index in [-0.39, 0.29) is 35.6 Å². The molecular weight excluding hydrogens is 525 g/mol. The Kier molecular flexibility index (Phi) is 15.8. The summed E-state index contributed by atoms with van der Waals surface area (Å²) in [6, 6.07) is 13.5. The van der Waals surface area contributed by atoms with E-state index >= 15 is 0 Å². The van der Waals surface area contributed by atoms with Crippen molar-refractivity contribution in [2.75, 3.05) is 0 Å². The topological polar surface area (TPSA) is 53.4 Å². The first-order valence-electron chi connectivity index (χ1n) is 11.6. The molecule has 1 aromatic heterocycles. The fourth-order valence-electron chi connectivity index (χ4n) is 3.43. The Morgan fingerprint density at radius 2 is 1.08 bits per heavy atom. The average Bonchev–Trinajstić information content (AvgIpc) is 2.71. The van der Waals surface area contributed by atoms with E-state index in [0.717, 1.165) is 16.8 Å². The molecule has 2 aromatic carbocycles. The van der Waals surface area contributed by atoms with Gasteiger partial charge < -0.3 is 10.2 Å². The SMILES string of the molecule is Cc1ccc(O)c(C(C)(C)C)c1.Cc1ccc(O)c(C(C)(C)C)c1.Cc1ccnc(C)c1[CH]=[Ti].Cl.Cl. The van der Waals surface area contributed by atoms with Gasteiger partial charge in [-0.3, -0.25) is 0 Å². The molecule has 0 radical (unpaired) electrons. The van der Waals surface area contributed by atoms with Crippen molar-refractivity contribution in [2.24, 2.45) is 0 Å². The minimum atomic E-state index is 0. The molecule has 3 nitrogen and oxygen atoms in total. The summed E-state index contributed by atoms with van der Waals surface area (Å²) < 4.78 is 2.09. The number of rotatable bonds is 1. The van der Waals surface area contributed by atoms with Crippen LogP contribution < -0.4 is 0 Å². The minimum Gasteiger partial charge on any atom is -0.147 e. The number of nitrogens with zero attached hydrogens (tertiary/aromatic N) is 1. The average molecular weight is 568 g/mol. The number of aryl methyl sites for hydroxylation is 4. The van der Waals surface area contributed by atoms with Gasteiger partial charge in [0.1, 0.15) is 11.5 Å². The molecule has 3 aromatic rings. The first-order chi connectivity index (χ1) is 15.6. The maximum Gasteiger partial charge on any atom is -0.147 e. The van der Waals surface area contributed by atoms with Crippen LogP contribution in [-0.2, 0) is 30.8 Å². The fourth-order valence-corrected chi connectivity index (χ4v) is 4.11. The molecule has 0 aliphatic carbocycles. The standard InChI is InChI=1S/2C11H16O.C8H9N.2ClH.Ti/c2*1-8-5-6-10(12)9(7-8)11(2,3)4;1-6-4-5-9-8(3)7(6)2;;;/h2*5-7,12H,1-4H3;2,4-5H,1,3H3;2*1H;. The van der Waals surface area contributed by atoms with Crippen LogP contribution in [0.4, 0.5) is 0 Å². The molecule has 0 aliphatic heterocycles. The van der Waals surface area contributed by atoms with Gasteiger partial charge in [0.25, 0.3) is 0 Å². The van der Waals surface area contributed by atoms with Crippen molar-refractivity contribution in [1.82, 2.24) is 4.98 Å². The van der Waals surface area contributed by atoms with Crippen molar-refractivity contribution in [1.29, 1.82) is 0 Å². The largest absolute Gasteiger partial charge is 0.147 e. The van der Waals surface area contributed by atoms with E-state index in [1.165, 1.54) is 22.3 Å². The first-order valence-corrected chi connectivity index (χ1v) is 12.5. The van der Waals surface area contributed by atoms with E-state index in [2.05, 4.69) is 57.8 Å². The predicted octanol–water partition coefficient (Wildman–Crippen LogP) is 8.24. The van der Waals surface area contributed by atoms with Crippen LogP contribution >= 0.6 is 24.8 Å². The summed E-state index contributed by atoms with van der Waals surface area (Å²) in [4.78, 5) is 4.18. The second-order valence-electron chi connectivity index (χ2n) is 10.8. The van der Waals surface area contributed by atoms with Crippen LogP contribution in [0.1, 0.15) is 80.6 Å². The molecule has 1 heterocycles. The van der Waals surface area contributed by atoms with Gasteiger partial charge in [0.05, 0.1) is 0 Å². The maximum absolute atomic E-state index is 9.57. The Morgan fingerprint density at radius 3 is 1.33 bits per heavy atom. The zero-order valence-corrected chi connectivity index (χ0v) is 26.5. The summed E-state index contributed by atoms with van der Waals surface area (Å²) in [5.41, 5.74) is 8.15. The van der Waals surface area contributed by atoms with Crippen molar-refractivity contribution >= 4 is 29.1 Å². The predicted molar refractivity (Wildman–Crippen MR) is 156 cm³/mol. The van der Waals surface area contributed by atoms with Gasteiger partial charge in [0, 0.05) is 0 Å². The number of aromatic hydroxyl groups is 2. The molecule has 0 aliphatic rings. The number of phenols is 2. The van der Waals surface area contributed by atoms with Gasteiger partial charge in [0.15, 0.2) is 0 Å². The number of phenolic OH excluding ortho intramolecular Hbond substituents is 2. The molecule has 36 heavy (non-hydrogen) atoms. The van der Waals surface area contributed by atoms with Crippen LogP contribution in [0.25, 0.3) is 0 Å². The molecule has 0 saturated carbocycles. The monoisotopic (exact) mass is 567 g/mol. The molecule has 0 amide bonds. The quantitative estimate of drug-likeness (QED) is 0.291. The first kappa shape index (κ1) is 36.5. The molecule has 0 saturated heterocycles. The summed E-state index contributed by atoms with van der Waals surface area (Å²) in [7, 11) is 0. The summed E-state index contributed by atoms with van der Waals surface area (Å²) >= 11 is 2.04. The Labute approximate surface area is 242 Å². The molecule has 0 fully saturated rings. The molecule has 198 valence electrons. The van der Waals surface area contributed by atoms with E-state index in [1.54, 1.807) is 12.1 Å². The fraction of sp³-hybridized carbons (Fsp3) is 0.400. The molecule has 0 bridgehead atoms. The van der Waals surface area contributed by atoms with E-state index in [4.69, 9.17) is 0 Å². The molecule has 2 N–H and O–H groups in total. The summed E-state index contributed by atoms with van der Waals surface area (Å²) in [6.45, 7) is 20.8. The molecular formula is C30H43Cl2NO2Ti. The number of benzene rings is 2. The van der Waals surface area contributed by atoms with Crippen molar-refractivity contribution in [3.8, 4) is 11.5 Å². The van der Waals surface area contributed by atoms with E-state index in [0.29, 0.717) is 11.5 Å². The molecule has 0 spiro atoms. The second kappa shape index (κ2) is 15.6. The van der Waals surface area contributed by atoms with Crippen molar-refractivity contribution in [3.63, 3.8) is 0 Å². The molecule has 6 heteroatoms. The maximum atomic E-state index is 9.57. The smallest absolute Gasteiger partial charge is 0.147 e. The third-order valence-corrected chi connectivity index (χ3v) is 5.92. The van der Waals surface area contributed by atoms with Crippen LogP contribution in [0.2, 0.25) is 0 Å². The minimum absolute atomic E-state index is 0. The van der Waals surface area contributed by atoms with Crippen LogP contribution in [0.15, 0.2) is 48.7 Å². The van der Waals surface area contributed by atoms with Gasteiger partial charge in [-0.2, -0.15) is 0 Å². The third kappa shape index (κ3) is 11.6. The van der Waals surface area contributed by atoms with Gasteiger partial charge in [-0.05, 0) is 47.9 Å². The zero-order chi connectivity index (χ0) is 26.3. The number of halogens is 2. The van der Waals surface area contributed by atoms with Crippen molar-refractivity contribution < 1.29 is 30.2 Å². The van der Waals surface area contributed by atoms with Crippen LogP contribution in [0.5, 0.6) is 11.5 Å². The van der Waals surface area contributed by atoms with Gasteiger partial charge in [-0.15, -0.1) is 24.8 Å². The van der Waals surface area contributed by atoms with E-state index < -0.39 is 0 Å². The number of hydrogen-bond donors (Lipinski definition) is 2. The Bertz CT molecular complexity index is 1040. The molecule has 0 unspecified atom stereocenters. The van der Waals surface area contributed by atoms with Crippen molar-refractivity contribution in [3.05, 3.63) is 87.7 Å². The third-order valence-electron chi connectivity index (χ3n) is 5.47. The molecule has 3 rings (SSSR count). The summed E-state index contributed by atoms with van der Waals surface area (Å²) in [6.07, 6.45) is 1.84. The summed E-state index contributed by atoms with van der Waals surface area (Å²) in [5, 5.41) is 19.1. The van der Waals surface area contributed by atoms with Crippen LogP contribution in [0, 0.1) is 27.7 Å². The summed E-state index contributed by atoms with van der Waals surface area (Å²) in [5.74, 6) is 0.793. The van der Waals surface area contributed by atoms with E-state index in [1.807, 2.05) is 77.3 Å². The van der Waals surface area contributed by atoms with Crippen LogP contribution in [-0.4, -0.2) is 19.5 Å². The Hall–Kier alpha value is -1.65.